The molecule has 1 aromatic heterocycles. The van der Waals surface area contributed by atoms with Gasteiger partial charge in [0.15, 0.2) is 0 Å². The van der Waals surface area contributed by atoms with Crippen LogP contribution in [0.5, 0.6) is 0 Å². The number of benzene rings is 9. The van der Waals surface area contributed by atoms with E-state index in [-0.39, 0.29) is 0 Å². The Bertz CT molecular complexity index is 2890. The van der Waals surface area contributed by atoms with Crippen LogP contribution in [0.25, 0.3) is 92.8 Å². The Hall–Kier alpha value is -6.18. The highest BCUT2D eigenvalue weighted by molar-refractivity contribution is 6.26. The first-order valence-electron chi connectivity index (χ1n) is 18.2. The summed E-state index contributed by atoms with van der Waals surface area (Å²) in [6.45, 7) is 4.60. The van der Waals surface area contributed by atoms with Crippen LogP contribution in [-0.2, 0) is 0 Å². The van der Waals surface area contributed by atoms with E-state index in [2.05, 4.69) is 188 Å². The molecular formula is C50H37N. The fraction of sp³-hybridized carbons (Fsp3) is 0.0800. The van der Waals surface area contributed by atoms with Gasteiger partial charge in [-0.3, -0.25) is 0 Å². The largest absolute Gasteiger partial charge is 0.309 e. The van der Waals surface area contributed by atoms with Gasteiger partial charge in [-0.1, -0.05) is 166 Å². The molecule has 0 aliphatic heterocycles. The third kappa shape index (κ3) is 4.55. The Morgan fingerprint density at radius 3 is 1.65 bits per heavy atom. The Morgan fingerprint density at radius 1 is 0.451 bits per heavy atom. The summed E-state index contributed by atoms with van der Waals surface area (Å²) in [6.07, 6.45) is 1.13. The van der Waals surface area contributed by atoms with Crippen molar-refractivity contribution < 1.29 is 0 Å². The number of fused-ring (bicyclic) bond motifs is 9. The first-order chi connectivity index (χ1) is 25.2. The molecule has 10 rings (SSSR count). The number of rotatable bonds is 5. The fourth-order valence-corrected chi connectivity index (χ4v) is 8.57. The van der Waals surface area contributed by atoms with Gasteiger partial charge in [-0.25, -0.2) is 0 Å². The van der Waals surface area contributed by atoms with Crippen LogP contribution in [0.3, 0.4) is 0 Å². The molecule has 1 heterocycles. The van der Waals surface area contributed by atoms with Crippen molar-refractivity contribution >= 4 is 64.9 Å². The van der Waals surface area contributed by atoms with Crippen molar-refractivity contribution in [1.29, 1.82) is 0 Å². The van der Waals surface area contributed by atoms with Crippen LogP contribution in [0.15, 0.2) is 170 Å². The summed E-state index contributed by atoms with van der Waals surface area (Å²) in [5.41, 5.74) is 10.1. The molecule has 0 N–H and O–H groups in total. The van der Waals surface area contributed by atoms with Gasteiger partial charge in [0.2, 0.25) is 0 Å². The zero-order chi connectivity index (χ0) is 34.1. The standard InChI is InChI=1S/C50H37N/c1-3-32(2)36-23-28-40-37(31-36)24-29-45-49-39-16-8-7-13-33(39)25-30-46(49)51(50(40)45)38-26-21-35(22-27-38)48-43-19-11-9-17-41(43)47(34-14-5-4-6-15-34)42-18-10-12-20-44(42)48/h4-32H,3H2,1-2H3. The Labute approximate surface area is 298 Å². The lowest BCUT2D eigenvalue weighted by molar-refractivity contribution is 0.735. The van der Waals surface area contributed by atoms with E-state index in [1.54, 1.807) is 0 Å². The second-order valence-electron chi connectivity index (χ2n) is 14.0. The number of aromatic nitrogens is 1. The molecule has 0 aliphatic rings. The van der Waals surface area contributed by atoms with Crippen LogP contribution in [-0.4, -0.2) is 4.57 Å². The van der Waals surface area contributed by atoms with E-state index in [1.807, 2.05) is 0 Å². The van der Waals surface area contributed by atoms with Gasteiger partial charge in [0.05, 0.1) is 11.0 Å². The molecule has 10 aromatic rings. The summed E-state index contributed by atoms with van der Waals surface area (Å²) in [4.78, 5) is 0. The molecule has 1 nitrogen and oxygen atoms in total. The van der Waals surface area contributed by atoms with E-state index >= 15 is 0 Å². The van der Waals surface area contributed by atoms with Gasteiger partial charge in [0.1, 0.15) is 0 Å². The van der Waals surface area contributed by atoms with Crippen LogP contribution in [0.2, 0.25) is 0 Å². The minimum Gasteiger partial charge on any atom is -0.309 e. The third-order valence-electron chi connectivity index (χ3n) is 11.2. The molecule has 0 saturated carbocycles. The minimum absolute atomic E-state index is 0.529. The highest BCUT2D eigenvalue weighted by atomic mass is 15.0. The maximum Gasteiger partial charge on any atom is 0.0619 e. The van der Waals surface area contributed by atoms with Crippen LogP contribution in [0.1, 0.15) is 31.7 Å². The van der Waals surface area contributed by atoms with Gasteiger partial charge in [-0.15, -0.1) is 0 Å². The topological polar surface area (TPSA) is 4.93 Å². The molecular weight excluding hydrogens is 615 g/mol. The zero-order valence-corrected chi connectivity index (χ0v) is 28.9. The maximum absolute atomic E-state index is 2.50. The summed E-state index contributed by atoms with van der Waals surface area (Å²) in [7, 11) is 0. The van der Waals surface area contributed by atoms with Gasteiger partial charge in [-0.2, -0.15) is 0 Å². The first kappa shape index (κ1) is 29.7. The maximum atomic E-state index is 2.50. The lowest BCUT2D eigenvalue weighted by atomic mass is 9.86. The molecule has 1 heteroatoms. The molecule has 0 aliphatic carbocycles. The Kier molecular flexibility index (Phi) is 6.82. The predicted octanol–water partition coefficient (Wildman–Crippen LogP) is 14.2. The third-order valence-corrected chi connectivity index (χ3v) is 11.2. The SMILES string of the molecule is CCC(C)c1ccc2c(ccc3c4c5ccccc5ccc4n(-c4ccc(-c5c6ccccc6c(-c6ccccc6)c6ccccc56)cc4)c23)c1. The van der Waals surface area contributed by atoms with Gasteiger partial charge in [0, 0.05) is 21.8 Å². The molecule has 0 bridgehead atoms. The zero-order valence-electron chi connectivity index (χ0n) is 28.9. The average Bonchev–Trinajstić information content (AvgIpc) is 3.55. The van der Waals surface area contributed by atoms with Crippen LogP contribution < -0.4 is 0 Å². The Morgan fingerprint density at radius 2 is 1.00 bits per heavy atom. The van der Waals surface area contributed by atoms with E-state index < -0.39 is 0 Å². The predicted molar refractivity (Wildman–Crippen MR) is 220 cm³/mol. The molecule has 0 fully saturated rings. The smallest absolute Gasteiger partial charge is 0.0619 e. The van der Waals surface area contributed by atoms with E-state index in [0.717, 1.165) is 6.42 Å². The summed E-state index contributed by atoms with van der Waals surface area (Å²) >= 11 is 0. The van der Waals surface area contributed by atoms with Crippen molar-refractivity contribution in [3.05, 3.63) is 175 Å². The molecule has 9 aromatic carbocycles. The molecule has 1 atom stereocenters. The second kappa shape index (κ2) is 11.7. The van der Waals surface area contributed by atoms with Gasteiger partial charge in [0.25, 0.3) is 0 Å². The lowest BCUT2D eigenvalue weighted by Crippen LogP contribution is -1.96. The van der Waals surface area contributed by atoms with Crippen molar-refractivity contribution in [2.75, 3.05) is 0 Å². The van der Waals surface area contributed by atoms with E-state index in [1.165, 1.54) is 98.4 Å². The Balaban J connectivity index is 1.23. The quantitative estimate of drug-likeness (QED) is 0.163. The number of hydrogen-bond acceptors (Lipinski definition) is 0. The summed E-state index contributed by atoms with van der Waals surface area (Å²) in [5.74, 6) is 0.529. The molecule has 51 heavy (non-hydrogen) atoms. The summed E-state index contributed by atoms with van der Waals surface area (Å²) in [5, 5.41) is 12.9. The monoisotopic (exact) mass is 651 g/mol. The van der Waals surface area contributed by atoms with E-state index in [9.17, 15) is 0 Å². The number of hydrogen-bond donors (Lipinski definition) is 0. The van der Waals surface area contributed by atoms with Crippen LogP contribution >= 0.6 is 0 Å². The van der Waals surface area contributed by atoms with E-state index in [0.29, 0.717) is 5.92 Å². The summed E-state index contributed by atoms with van der Waals surface area (Å²) in [6, 6.07) is 63.1. The fourth-order valence-electron chi connectivity index (χ4n) is 8.57. The minimum atomic E-state index is 0.529. The molecule has 0 radical (unpaired) electrons. The first-order valence-corrected chi connectivity index (χ1v) is 18.2. The molecule has 1 unspecified atom stereocenters. The van der Waals surface area contributed by atoms with Crippen molar-refractivity contribution in [2.45, 2.75) is 26.2 Å². The van der Waals surface area contributed by atoms with Crippen molar-refractivity contribution in [3.8, 4) is 27.9 Å². The lowest BCUT2D eigenvalue weighted by Gasteiger charge is -2.18. The van der Waals surface area contributed by atoms with Gasteiger partial charge in [-0.05, 0) is 96.1 Å². The highest BCUT2D eigenvalue weighted by Gasteiger charge is 2.20. The average molecular weight is 652 g/mol. The van der Waals surface area contributed by atoms with Gasteiger partial charge >= 0.3 is 0 Å². The second-order valence-corrected chi connectivity index (χ2v) is 14.0. The van der Waals surface area contributed by atoms with Gasteiger partial charge < -0.3 is 4.57 Å². The normalized spacial score (nSPS) is 12.5. The molecule has 242 valence electrons. The van der Waals surface area contributed by atoms with Crippen molar-refractivity contribution in [1.82, 2.24) is 4.57 Å². The summed E-state index contributed by atoms with van der Waals surface area (Å²) < 4.78 is 2.50. The molecule has 0 amide bonds. The van der Waals surface area contributed by atoms with Crippen molar-refractivity contribution in [2.24, 2.45) is 0 Å². The number of nitrogens with zero attached hydrogens (tertiary/aromatic N) is 1. The van der Waals surface area contributed by atoms with Crippen molar-refractivity contribution in [3.63, 3.8) is 0 Å². The molecule has 0 saturated heterocycles. The molecule has 0 spiro atoms. The highest BCUT2D eigenvalue weighted by Crippen LogP contribution is 2.45. The van der Waals surface area contributed by atoms with Crippen LogP contribution in [0, 0.1) is 0 Å². The van der Waals surface area contributed by atoms with E-state index in [4.69, 9.17) is 0 Å². The van der Waals surface area contributed by atoms with Crippen LogP contribution in [0.4, 0.5) is 0 Å².